The fraction of sp³-hybridized carbons (Fsp3) is 0.440. The lowest BCUT2D eigenvalue weighted by Crippen LogP contribution is -2.34. The second kappa shape index (κ2) is 10.5. The fourth-order valence-corrected chi connectivity index (χ4v) is 3.83. The topological polar surface area (TPSA) is 94.5 Å². The monoisotopic (exact) mass is 490 g/mol. The summed E-state index contributed by atoms with van der Waals surface area (Å²) in [5, 5.41) is 0. The number of amides is 2. The van der Waals surface area contributed by atoms with Crippen LogP contribution in [-0.2, 0) is 25.8 Å². The summed E-state index contributed by atoms with van der Waals surface area (Å²) in [6, 6.07) is 14.2. The number of benzene rings is 2. The van der Waals surface area contributed by atoms with Crippen LogP contribution in [0.4, 0.5) is 15.3 Å². The van der Waals surface area contributed by atoms with E-state index >= 15 is 0 Å². The van der Waals surface area contributed by atoms with Crippen molar-refractivity contribution in [2.45, 2.75) is 64.2 Å². The van der Waals surface area contributed by atoms with E-state index in [1.165, 1.54) is 24.3 Å². The van der Waals surface area contributed by atoms with Gasteiger partial charge in [0.15, 0.2) is 0 Å². The van der Waals surface area contributed by atoms with Crippen LogP contribution in [-0.4, -0.2) is 40.9 Å². The molecule has 0 aliphatic heterocycles. The third-order valence-corrected chi connectivity index (χ3v) is 5.90. The number of nitrogens with zero attached hydrogens (tertiary/aromatic N) is 2. The van der Waals surface area contributed by atoms with Crippen molar-refractivity contribution in [1.82, 2.24) is 0 Å². The maximum absolute atomic E-state index is 13.3. The summed E-state index contributed by atoms with van der Waals surface area (Å²) in [4.78, 5) is 26.5. The maximum atomic E-state index is 13.3. The minimum atomic E-state index is -3.17. The average Bonchev–Trinajstić information content (AvgIpc) is 2.69. The summed E-state index contributed by atoms with van der Waals surface area (Å²) >= 11 is 0. The Morgan fingerprint density at radius 1 is 0.941 bits per heavy atom. The van der Waals surface area contributed by atoms with Crippen molar-refractivity contribution in [3.8, 4) is 5.75 Å². The van der Waals surface area contributed by atoms with E-state index in [1.54, 1.807) is 53.7 Å². The predicted molar refractivity (Wildman–Crippen MR) is 133 cm³/mol. The van der Waals surface area contributed by atoms with Crippen LogP contribution in [0.3, 0.4) is 0 Å². The molecule has 1 unspecified atom stereocenters. The van der Waals surface area contributed by atoms with Crippen molar-refractivity contribution in [2.24, 2.45) is 4.36 Å². The molecule has 8 nitrogen and oxygen atoms in total. The highest BCUT2D eigenvalue weighted by Crippen LogP contribution is 2.33. The van der Waals surface area contributed by atoms with Crippen LogP contribution in [0.1, 0.15) is 47.1 Å². The lowest BCUT2D eigenvalue weighted by atomic mass is 10.2. The van der Waals surface area contributed by atoms with Gasteiger partial charge in [-0.15, -0.1) is 4.36 Å². The highest BCUT2D eigenvalue weighted by molar-refractivity contribution is 7.93. The molecule has 2 aromatic rings. The molecule has 0 aromatic heterocycles. The number of ether oxygens (including phenoxy) is 3. The summed E-state index contributed by atoms with van der Waals surface area (Å²) in [7, 11) is -1.63. The Hall–Kier alpha value is -3.07. The number of hydrogen-bond acceptors (Lipinski definition) is 6. The van der Waals surface area contributed by atoms with Gasteiger partial charge in [0.2, 0.25) is 0 Å². The minimum Gasteiger partial charge on any atom is -0.487 e. The molecule has 0 aliphatic carbocycles. The van der Waals surface area contributed by atoms with E-state index in [9.17, 15) is 13.8 Å². The van der Waals surface area contributed by atoms with Gasteiger partial charge in [0.05, 0.1) is 20.3 Å². The molecule has 0 N–H and O–H groups in total. The third-order valence-electron chi connectivity index (χ3n) is 4.28. The standard InChI is InChI=1S/C25H34N2O6S/c1-24(2,3)32-22(28)26-34(8,30)19-14-15-21(31-17-18-12-10-9-11-13-18)20(16-19)27(7)23(29)33-25(4,5)6/h9-16H,17H2,1-8H3. The smallest absolute Gasteiger partial charge is 0.442 e. The zero-order chi connectivity index (χ0) is 25.7. The van der Waals surface area contributed by atoms with Crippen molar-refractivity contribution >= 4 is 27.6 Å². The van der Waals surface area contributed by atoms with E-state index in [0.717, 1.165) is 5.56 Å². The van der Waals surface area contributed by atoms with E-state index in [2.05, 4.69) is 4.36 Å². The summed E-state index contributed by atoms with van der Waals surface area (Å²) < 4.78 is 33.7. The Morgan fingerprint density at radius 2 is 1.53 bits per heavy atom. The number of anilines is 1. The summed E-state index contributed by atoms with van der Waals surface area (Å²) in [6.45, 7) is 10.7. The Kier molecular flexibility index (Phi) is 8.36. The van der Waals surface area contributed by atoms with Crippen LogP contribution in [0.2, 0.25) is 0 Å². The summed E-state index contributed by atoms with van der Waals surface area (Å²) in [5.74, 6) is 0.383. The molecular weight excluding hydrogens is 456 g/mol. The molecule has 0 spiro atoms. The van der Waals surface area contributed by atoms with Gasteiger partial charge in [0, 0.05) is 13.3 Å². The second-order valence-corrected chi connectivity index (χ2v) is 12.1. The number of hydrogen-bond donors (Lipinski definition) is 0. The van der Waals surface area contributed by atoms with Crippen LogP contribution in [0, 0.1) is 0 Å². The predicted octanol–water partition coefficient (Wildman–Crippen LogP) is 6.03. The molecule has 0 radical (unpaired) electrons. The van der Waals surface area contributed by atoms with Crippen molar-refractivity contribution in [3.63, 3.8) is 0 Å². The van der Waals surface area contributed by atoms with Crippen LogP contribution in [0.5, 0.6) is 5.75 Å². The first-order valence-corrected chi connectivity index (χ1v) is 12.7. The molecule has 1 atom stereocenters. The van der Waals surface area contributed by atoms with Gasteiger partial charge in [-0.05, 0) is 65.3 Å². The molecule has 34 heavy (non-hydrogen) atoms. The SMILES string of the molecule is CN(C(=O)OC(C)(C)C)c1cc(S(C)(=O)=NC(=O)OC(C)(C)C)ccc1OCc1ccccc1. The van der Waals surface area contributed by atoms with Gasteiger partial charge in [-0.3, -0.25) is 4.90 Å². The van der Waals surface area contributed by atoms with Crippen molar-refractivity contribution < 1.29 is 28.0 Å². The maximum Gasteiger partial charge on any atom is 0.442 e. The highest BCUT2D eigenvalue weighted by Gasteiger charge is 2.25. The molecule has 0 saturated carbocycles. The highest BCUT2D eigenvalue weighted by atomic mass is 32.2. The van der Waals surface area contributed by atoms with Gasteiger partial charge in [0.25, 0.3) is 0 Å². The molecule has 0 bridgehead atoms. The van der Waals surface area contributed by atoms with E-state index in [4.69, 9.17) is 14.2 Å². The normalized spacial score (nSPS) is 13.4. The molecule has 0 heterocycles. The quantitative estimate of drug-likeness (QED) is 0.508. The van der Waals surface area contributed by atoms with E-state index < -0.39 is 33.1 Å². The van der Waals surface area contributed by atoms with Gasteiger partial charge in [-0.25, -0.2) is 13.8 Å². The van der Waals surface area contributed by atoms with E-state index in [1.807, 2.05) is 30.3 Å². The van der Waals surface area contributed by atoms with E-state index in [-0.39, 0.29) is 11.5 Å². The Balaban J connectivity index is 2.46. The fourth-order valence-electron chi connectivity index (χ4n) is 2.76. The zero-order valence-electron chi connectivity index (χ0n) is 21.1. The Morgan fingerprint density at radius 3 is 2.09 bits per heavy atom. The molecule has 186 valence electrons. The minimum absolute atomic E-state index is 0.246. The molecule has 0 aliphatic rings. The van der Waals surface area contributed by atoms with Crippen LogP contribution in [0.25, 0.3) is 0 Å². The molecular formula is C25H34N2O6S. The van der Waals surface area contributed by atoms with Gasteiger partial charge < -0.3 is 14.2 Å². The lowest BCUT2D eigenvalue weighted by Gasteiger charge is -2.26. The largest absolute Gasteiger partial charge is 0.487 e. The Labute approximate surface area is 202 Å². The first-order chi connectivity index (χ1) is 15.6. The summed E-state index contributed by atoms with van der Waals surface area (Å²) in [5.41, 5.74) is -0.209. The Bertz CT molecular complexity index is 1140. The van der Waals surface area contributed by atoms with E-state index in [0.29, 0.717) is 11.4 Å². The number of carbonyl (C=O) groups excluding carboxylic acids is 2. The van der Waals surface area contributed by atoms with Crippen LogP contribution >= 0.6 is 0 Å². The molecule has 0 fully saturated rings. The average molecular weight is 491 g/mol. The van der Waals surface area contributed by atoms with Crippen LogP contribution < -0.4 is 9.64 Å². The van der Waals surface area contributed by atoms with Crippen LogP contribution in [0.15, 0.2) is 57.8 Å². The second-order valence-electron chi connectivity index (χ2n) is 9.82. The zero-order valence-corrected chi connectivity index (χ0v) is 21.9. The van der Waals surface area contributed by atoms with Gasteiger partial charge in [-0.1, -0.05) is 30.3 Å². The molecule has 9 heteroatoms. The lowest BCUT2D eigenvalue weighted by molar-refractivity contribution is 0.0582. The molecule has 2 aromatic carbocycles. The van der Waals surface area contributed by atoms with Crippen molar-refractivity contribution in [1.29, 1.82) is 0 Å². The van der Waals surface area contributed by atoms with Crippen molar-refractivity contribution in [3.05, 3.63) is 54.1 Å². The first kappa shape index (κ1) is 27.2. The molecule has 0 saturated heterocycles. The summed E-state index contributed by atoms with van der Waals surface area (Å²) in [6.07, 6.45) is -0.194. The van der Waals surface area contributed by atoms with Crippen molar-refractivity contribution in [2.75, 3.05) is 18.2 Å². The molecule has 2 rings (SSSR count). The van der Waals surface area contributed by atoms with Gasteiger partial charge in [-0.2, -0.15) is 0 Å². The molecule has 2 amide bonds. The third kappa shape index (κ3) is 8.37. The number of carbonyl (C=O) groups is 2. The van der Waals surface area contributed by atoms with Gasteiger partial charge >= 0.3 is 12.2 Å². The number of rotatable bonds is 5. The first-order valence-electron chi connectivity index (χ1n) is 10.8. The van der Waals surface area contributed by atoms with Gasteiger partial charge in [0.1, 0.15) is 23.6 Å².